The summed E-state index contributed by atoms with van der Waals surface area (Å²) >= 11 is 0. The lowest BCUT2D eigenvalue weighted by molar-refractivity contribution is -0.0922. The lowest BCUT2D eigenvalue weighted by atomic mass is 9.61. The van der Waals surface area contributed by atoms with E-state index in [1.165, 1.54) is 16.7 Å². The van der Waals surface area contributed by atoms with Gasteiger partial charge in [0.25, 0.3) is 0 Å². The number of likely N-dealkylation sites (N-methyl/N-ethyl adjacent to an activating group) is 1. The smallest absolute Gasteiger partial charge is 0.105 e. The summed E-state index contributed by atoms with van der Waals surface area (Å²) in [6.45, 7) is 4.29. The van der Waals surface area contributed by atoms with Crippen molar-refractivity contribution in [3.8, 4) is 0 Å². The first-order chi connectivity index (χ1) is 17.0. The summed E-state index contributed by atoms with van der Waals surface area (Å²) in [4.78, 5) is 1.87. The molecular weight excluding hydrogens is 454 g/mol. The quantitative estimate of drug-likeness (QED) is 0.442. The molecule has 0 radical (unpaired) electrons. The van der Waals surface area contributed by atoms with Crippen LogP contribution >= 0.6 is 0 Å². The van der Waals surface area contributed by atoms with Crippen molar-refractivity contribution >= 4 is 16.5 Å². The van der Waals surface area contributed by atoms with Gasteiger partial charge in [-0.25, -0.2) is 0 Å². The van der Waals surface area contributed by atoms with Crippen molar-refractivity contribution in [1.82, 2.24) is 15.1 Å². The zero-order valence-electron chi connectivity index (χ0n) is 21.5. The lowest BCUT2D eigenvalue weighted by Gasteiger charge is -2.46. The van der Waals surface area contributed by atoms with Crippen LogP contribution in [0, 0.1) is 18.3 Å². The molecule has 192 valence electrons. The molecule has 1 heterocycles. The third-order valence-corrected chi connectivity index (χ3v) is 9.67. The number of hydrogen-bond donors (Lipinski definition) is 5. The Labute approximate surface area is 211 Å². The fourth-order valence-corrected chi connectivity index (χ4v) is 7.60. The number of aromatic amines is 1. The molecule has 1 saturated carbocycles. The van der Waals surface area contributed by atoms with Crippen LogP contribution < -0.4 is 0 Å². The van der Waals surface area contributed by atoms with Crippen LogP contribution in [0.1, 0.15) is 50.3 Å². The predicted molar refractivity (Wildman–Crippen MR) is 139 cm³/mol. The third-order valence-electron chi connectivity index (χ3n) is 9.67. The fraction of sp³-hybridized carbons (Fsp3) is 0.552. The molecule has 7 nitrogen and oxygen atoms in total. The van der Waals surface area contributed by atoms with E-state index in [9.17, 15) is 20.4 Å². The first-order valence-corrected chi connectivity index (χ1v) is 13.1. The minimum atomic E-state index is -1.21. The molecule has 1 fully saturated rings. The number of allylic oxidation sites excluding steroid dienone is 3. The minimum absolute atomic E-state index is 0.222. The van der Waals surface area contributed by atoms with Crippen LogP contribution in [0.3, 0.4) is 0 Å². The highest BCUT2D eigenvalue weighted by atomic mass is 16.3. The minimum Gasteiger partial charge on any atom is -0.388 e. The van der Waals surface area contributed by atoms with E-state index in [0.717, 1.165) is 28.6 Å². The Hall–Kier alpha value is -2.29. The number of hydrogen-bond acceptors (Lipinski definition) is 6. The van der Waals surface area contributed by atoms with E-state index < -0.39 is 23.9 Å². The van der Waals surface area contributed by atoms with Crippen molar-refractivity contribution in [1.29, 1.82) is 0 Å². The van der Waals surface area contributed by atoms with Crippen LogP contribution in [-0.4, -0.2) is 79.6 Å². The van der Waals surface area contributed by atoms with E-state index >= 15 is 0 Å². The number of nitrogens with one attached hydrogen (secondary N) is 1. The maximum absolute atomic E-state index is 11.8. The molecule has 0 bridgehead atoms. The number of H-pyrrole nitrogens is 1. The molecule has 7 atom stereocenters. The number of aryl methyl sites for hydroxylation is 1. The molecule has 4 aliphatic carbocycles. The zero-order valence-corrected chi connectivity index (χ0v) is 21.5. The molecule has 7 heteroatoms. The second-order valence-corrected chi connectivity index (χ2v) is 11.9. The highest BCUT2D eigenvalue weighted by molar-refractivity contribution is 5.87. The number of aliphatic hydroxyl groups is 4. The highest BCUT2D eigenvalue weighted by Crippen LogP contribution is 2.60. The summed E-state index contributed by atoms with van der Waals surface area (Å²) in [6.07, 6.45) is 4.25. The van der Waals surface area contributed by atoms with Crippen LogP contribution in [0.5, 0.6) is 0 Å². The van der Waals surface area contributed by atoms with Gasteiger partial charge in [-0.1, -0.05) is 30.7 Å². The fourth-order valence-electron chi connectivity index (χ4n) is 7.60. The second-order valence-electron chi connectivity index (χ2n) is 11.9. The van der Waals surface area contributed by atoms with Gasteiger partial charge in [0.05, 0.1) is 23.3 Å². The maximum atomic E-state index is 11.8. The van der Waals surface area contributed by atoms with Gasteiger partial charge >= 0.3 is 0 Å². The SMILES string of the molecule is Cc1[nH]nc2ccc(C3=CCC4C5=C(C=C6C(O)C(O)C(N(C)C)CC6(O)CC5)C(O)CC34C)cc12. The summed E-state index contributed by atoms with van der Waals surface area (Å²) in [5.41, 5.74) is 5.45. The first kappa shape index (κ1) is 24.1. The van der Waals surface area contributed by atoms with Crippen molar-refractivity contribution in [2.24, 2.45) is 11.3 Å². The number of aromatic nitrogens is 2. The Kier molecular flexibility index (Phi) is 5.42. The van der Waals surface area contributed by atoms with Gasteiger partial charge in [-0.05, 0) is 93.5 Å². The molecule has 2 aromatic rings. The number of fused-ring (bicyclic) bond motifs is 4. The normalized spacial score (nSPS) is 38.4. The Morgan fingerprint density at radius 1 is 1.14 bits per heavy atom. The molecule has 7 unspecified atom stereocenters. The summed E-state index contributed by atoms with van der Waals surface area (Å²) < 4.78 is 0. The summed E-state index contributed by atoms with van der Waals surface area (Å²) in [7, 11) is 3.73. The molecule has 0 spiro atoms. The van der Waals surface area contributed by atoms with Gasteiger partial charge in [-0.3, -0.25) is 5.10 Å². The molecule has 0 amide bonds. The number of aliphatic hydroxyl groups excluding tert-OH is 3. The van der Waals surface area contributed by atoms with Crippen LogP contribution in [0.4, 0.5) is 0 Å². The molecule has 0 saturated heterocycles. The van der Waals surface area contributed by atoms with Crippen molar-refractivity contribution in [3.05, 3.63) is 58.3 Å². The van der Waals surface area contributed by atoms with Gasteiger partial charge in [0.1, 0.15) is 6.10 Å². The molecule has 6 rings (SSSR count). The van der Waals surface area contributed by atoms with Crippen LogP contribution in [0.15, 0.2) is 47.1 Å². The van der Waals surface area contributed by atoms with Gasteiger partial charge in [-0.15, -0.1) is 0 Å². The van der Waals surface area contributed by atoms with Gasteiger partial charge in [-0.2, -0.15) is 5.10 Å². The van der Waals surface area contributed by atoms with Gasteiger partial charge in [0, 0.05) is 22.5 Å². The van der Waals surface area contributed by atoms with Crippen molar-refractivity contribution in [3.63, 3.8) is 0 Å². The molecule has 4 aliphatic rings. The highest BCUT2D eigenvalue weighted by Gasteiger charge is 2.53. The number of nitrogens with zero attached hydrogens (tertiary/aromatic N) is 2. The molecule has 1 aromatic carbocycles. The summed E-state index contributed by atoms with van der Waals surface area (Å²) in [5.74, 6) is 0.222. The standard InChI is InChI=1S/C29H37N3O4/c1-15-18-11-16(5-8-23(18)31-30-15)20-6-7-21-17-9-10-29(36)13-24(32(3)4)27(35)26(34)22(29)12-19(17)25(33)14-28(20,21)2/h5-6,8,11-12,21,24-27,33-36H,7,9-10,13-14H2,1-4H3,(H,30,31). The largest absolute Gasteiger partial charge is 0.388 e. The maximum Gasteiger partial charge on any atom is 0.105 e. The third kappa shape index (κ3) is 3.33. The van der Waals surface area contributed by atoms with Crippen LogP contribution in [0.25, 0.3) is 16.5 Å². The predicted octanol–water partition coefficient (Wildman–Crippen LogP) is 2.85. The Morgan fingerprint density at radius 2 is 1.92 bits per heavy atom. The van der Waals surface area contributed by atoms with E-state index in [1.54, 1.807) is 0 Å². The average Bonchev–Trinajstić information content (AvgIpc) is 3.31. The molecule has 36 heavy (non-hydrogen) atoms. The summed E-state index contributed by atoms with van der Waals surface area (Å²) in [5, 5.41) is 53.6. The molecule has 5 N–H and O–H groups in total. The number of benzene rings is 1. The second kappa shape index (κ2) is 8.10. The van der Waals surface area contributed by atoms with Crippen LogP contribution in [0.2, 0.25) is 0 Å². The monoisotopic (exact) mass is 491 g/mol. The Bertz CT molecular complexity index is 1320. The molecular formula is C29H37N3O4. The van der Waals surface area contributed by atoms with E-state index in [-0.39, 0.29) is 17.4 Å². The van der Waals surface area contributed by atoms with Gasteiger partial charge in [0.15, 0.2) is 0 Å². The zero-order chi connectivity index (χ0) is 25.6. The number of rotatable bonds is 2. The van der Waals surface area contributed by atoms with E-state index in [0.29, 0.717) is 31.3 Å². The summed E-state index contributed by atoms with van der Waals surface area (Å²) in [6, 6.07) is 6.05. The molecule has 0 aliphatic heterocycles. The van der Waals surface area contributed by atoms with Crippen molar-refractivity contribution in [2.45, 2.75) is 75.9 Å². The van der Waals surface area contributed by atoms with Gasteiger partial charge in [0.2, 0.25) is 0 Å². The van der Waals surface area contributed by atoms with Gasteiger partial charge < -0.3 is 25.3 Å². The van der Waals surface area contributed by atoms with Crippen molar-refractivity contribution in [2.75, 3.05) is 14.1 Å². The molecule has 1 aromatic heterocycles. The Balaban J connectivity index is 1.38. The van der Waals surface area contributed by atoms with Crippen LogP contribution in [-0.2, 0) is 0 Å². The Morgan fingerprint density at radius 3 is 2.67 bits per heavy atom. The van der Waals surface area contributed by atoms with E-state index in [1.807, 2.05) is 32.0 Å². The van der Waals surface area contributed by atoms with E-state index in [4.69, 9.17) is 0 Å². The van der Waals surface area contributed by atoms with Crippen molar-refractivity contribution < 1.29 is 20.4 Å². The lowest BCUT2D eigenvalue weighted by Crippen LogP contribution is -2.58. The topological polar surface area (TPSA) is 113 Å². The average molecular weight is 492 g/mol. The first-order valence-electron chi connectivity index (χ1n) is 13.1. The van der Waals surface area contributed by atoms with E-state index in [2.05, 4.69) is 41.4 Å².